The third kappa shape index (κ3) is 5.52. The fraction of sp³-hybridized carbons (Fsp3) is 0.233. The molecule has 0 N–H and O–H groups in total. The van der Waals surface area contributed by atoms with Gasteiger partial charge in [-0.15, -0.1) is 0 Å². The number of hydrogen-bond donors (Lipinski definition) is 0. The number of furan rings is 1. The molecule has 0 saturated heterocycles. The zero-order chi connectivity index (χ0) is 28.6. The van der Waals surface area contributed by atoms with Gasteiger partial charge in [0.1, 0.15) is 17.3 Å². The van der Waals surface area contributed by atoms with Crippen LogP contribution in [0.2, 0.25) is 10.0 Å². The molecular formula is C30H26Cl2N2O5S. The molecule has 0 fully saturated rings. The third-order valence-electron chi connectivity index (χ3n) is 6.18. The fourth-order valence-corrected chi connectivity index (χ4v) is 6.03. The molecule has 40 heavy (non-hydrogen) atoms. The molecule has 0 amide bonds. The minimum Gasteiger partial charge on any atom is -0.491 e. The first-order valence-corrected chi connectivity index (χ1v) is 14.2. The average Bonchev–Trinajstić information content (AvgIpc) is 3.47. The quantitative estimate of drug-likeness (QED) is 0.239. The molecule has 5 rings (SSSR count). The highest BCUT2D eigenvalue weighted by molar-refractivity contribution is 7.07. The second-order valence-electron chi connectivity index (χ2n) is 9.36. The summed E-state index contributed by atoms with van der Waals surface area (Å²) in [6.45, 7) is 7.59. The molecule has 0 aliphatic carbocycles. The van der Waals surface area contributed by atoms with E-state index in [0.29, 0.717) is 53.5 Å². The number of ether oxygens (including phenoxy) is 2. The Morgan fingerprint density at radius 1 is 1.15 bits per heavy atom. The lowest BCUT2D eigenvalue weighted by Gasteiger charge is -2.25. The molecule has 0 saturated carbocycles. The Balaban J connectivity index is 1.61. The van der Waals surface area contributed by atoms with E-state index in [4.69, 9.17) is 37.1 Å². The highest BCUT2D eigenvalue weighted by Crippen LogP contribution is 2.33. The Labute approximate surface area is 244 Å². The maximum Gasteiger partial charge on any atom is 0.338 e. The van der Waals surface area contributed by atoms with E-state index in [1.54, 1.807) is 50.3 Å². The highest BCUT2D eigenvalue weighted by Gasteiger charge is 2.33. The van der Waals surface area contributed by atoms with E-state index in [1.807, 2.05) is 38.1 Å². The van der Waals surface area contributed by atoms with Gasteiger partial charge in [-0.05, 0) is 75.7 Å². The van der Waals surface area contributed by atoms with Gasteiger partial charge in [0.05, 0.1) is 39.6 Å². The van der Waals surface area contributed by atoms with Crippen molar-refractivity contribution in [2.75, 3.05) is 6.61 Å². The smallest absolute Gasteiger partial charge is 0.338 e. The molecule has 1 atom stereocenters. The molecule has 2 aromatic carbocycles. The van der Waals surface area contributed by atoms with Crippen LogP contribution in [0, 0.1) is 0 Å². The monoisotopic (exact) mass is 596 g/mol. The lowest BCUT2D eigenvalue weighted by atomic mass is 9.96. The minimum absolute atomic E-state index is 0.0126. The van der Waals surface area contributed by atoms with Crippen molar-refractivity contribution in [1.82, 2.24) is 4.57 Å². The summed E-state index contributed by atoms with van der Waals surface area (Å²) >= 11 is 13.6. The van der Waals surface area contributed by atoms with Gasteiger partial charge in [0.25, 0.3) is 5.56 Å². The maximum absolute atomic E-state index is 13.8. The Morgan fingerprint density at radius 3 is 2.58 bits per heavy atom. The molecule has 1 aliphatic rings. The van der Waals surface area contributed by atoms with E-state index in [1.165, 1.54) is 15.9 Å². The van der Waals surface area contributed by atoms with Crippen molar-refractivity contribution in [2.24, 2.45) is 4.99 Å². The second kappa shape index (κ2) is 11.5. The summed E-state index contributed by atoms with van der Waals surface area (Å²) in [5.41, 5.74) is 1.94. The van der Waals surface area contributed by atoms with Crippen LogP contribution in [0.25, 0.3) is 17.4 Å². The fourth-order valence-electron chi connectivity index (χ4n) is 4.50. The highest BCUT2D eigenvalue weighted by atomic mass is 35.5. The zero-order valence-electron chi connectivity index (χ0n) is 22.2. The van der Waals surface area contributed by atoms with Crippen LogP contribution in [0.15, 0.2) is 80.1 Å². The molecule has 10 heteroatoms. The number of halogens is 2. The van der Waals surface area contributed by atoms with Crippen LogP contribution in [0.3, 0.4) is 0 Å². The molecule has 3 heterocycles. The number of esters is 1. The molecule has 2 aromatic heterocycles. The van der Waals surface area contributed by atoms with Gasteiger partial charge in [-0.2, -0.15) is 0 Å². The van der Waals surface area contributed by atoms with Crippen LogP contribution in [0.4, 0.5) is 0 Å². The van der Waals surface area contributed by atoms with Crippen molar-refractivity contribution in [3.8, 4) is 17.1 Å². The number of nitrogens with zero attached hydrogens (tertiary/aromatic N) is 2. The van der Waals surface area contributed by atoms with Gasteiger partial charge < -0.3 is 13.9 Å². The molecule has 0 unspecified atom stereocenters. The van der Waals surface area contributed by atoms with Gasteiger partial charge in [-0.25, -0.2) is 9.79 Å². The second-order valence-corrected chi connectivity index (χ2v) is 11.2. The van der Waals surface area contributed by atoms with E-state index in [9.17, 15) is 9.59 Å². The van der Waals surface area contributed by atoms with Crippen LogP contribution in [-0.4, -0.2) is 23.2 Å². The number of carbonyl (C=O) groups excluding carboxylic acids is 1. The SMILES string of the molecule is CCOC(=O)C1=C(C)N=c2s/c(=C\c3ccc(-c4ccc(Cl)cc4Cl)o3)c(=O)n2[C@H]1c1ccc(OC(C)C)cc1. The number of thiazole rings is 1. The summed E-state index contributed by atoms with van der Waals surface area (Å²) in [6, 6.07) is 15.3. The normalized spacial score (nSPS) is 15.3. The molecule has 7 nitrogen and oxygen atoms in total. The van der Waals surface area contributed by atoms with Crippen molar-refractivity contribution in [2.45, 2.75) is 39.8 Å². The number of rotatable bonds is 7. The van der Waals surface area contributed by atoms with E-state index in [0.717, 1.165) is 5.56 Å². The van der Waals surface area contributed by atoms with Crippen LogP contribution in [0.5, 0.6) is 5.75 Å². The van der Waals surface area contributed by atoms with E-state index in [-0.39, 0.29) is 18.3 Å². The predicted molar refractivity (Wildman–Crippen MR) is 157 cm³/mol. The van der Waals surface area contributed by atoms with E-state index in [2.05, 4.69) is 4.99 Å². The first-order valence-electron chi connectivity index (χ1n) is 12.7. The number of aromatic nitrogens is 1. The van der Waals surface area contributed by atoms with Crippen LogP contribution in [0.1, 0.15) is 45.1 Å². The van der Waals surface area contributed by atoms with Crippen molar-refractivity contribution >= 4 is 46.6 Å². The maximum atomic E-state index is 13.8. The number of allylic oxidation sites excluding steroid dienone is 1. The van der Waals surface area contributed by atoms with Crippen LogP contribution in [-0.2, 0) is 9.53 Å². The Kier molecular flexibility index (Phi) is 8.03. The zero-order valence-corrected chi connectivity index (χ0v) is 24.6. The van der Waals surface area contributed by atoms with Crippen molar-refractivity contribution < 1.29 is 18.7 Å². The summed E-state index contributed by atoms with van der Waals surface area (Å²) in [6.07, 6.45) is 1.68. The third-order valence-corrected chi connectivity index (χ3v) is 7.71. The van der Waals surface area contributed by atoms with Gasteiger partial charge in [0, 0.05) is 16.7 Å². The molecule has 206 valence electrons. The van der Waals surface area contributed by atoms with Crippen LogP contribution >= 0.6 is 34.5 Å². The average molecular weight is 598 g/mol. The molecule has 0 radical (unpaired) electrons. The molecule has 0 spiro atoms. The summed E-state index contributed by atoms with van der Waals surface area (Å²) in [7, 11) is 0. The Hall–Kier alpha value is -3.59. The van der Waals surface area contributed by atoms with Gasteiger partial charge in [-0.3, -0.25) is 9.36 Å². The largest absolute Gasteiger partial charge is 0.491 e. The Bertz CT molecular complexity index is 1800. The number of benzene rings is 2. The molecular weight excluding hydrogens is 571 g/mol. The molecule has 0 bridgehead atoms. The van der Waals surface area contributed by atoms with Gasteiger partial charge in [0.2, 0.25) is 0 Å². The van der Waals surface area contributed by atoms with Crippen molar-refractivity contribution in [3.05, 3.63) is 107 Å². The number of carbonyl (C=O) groups is 1. The lowest BCUT2D eigenvalue weighted by Crippen LogP contribution is -2.39. The van der Waals surface area contributed by atoms with Crippen LogP contribution < -0.4 is 19.6 Å². The summed E-state index contributed by atoms with van der Waals surface area (Å²) < 4.78 is 19.1. The molecule has 4 aromatic rings. The van der Waals surface area contributed by atoms with Gasteiger partial charge in [-0.1, -0.05) is 46.7 Å². The van der Waals surface area contributed by atoms with Gasteiger partial charge in [0.15, 0.2) is 4.80 Å². The van der Waals surface area contributed by atoms with E-state index < -0.39 is 12.0 Å². The summed E-state index contributed by atoms with van der Waals surface area (Å²) in [5, 5.41) is 0.982. The lowest BCUT2D eigenvalue weighted by molar-refractivity contribution is -0.139. The molecule has 1 aliphatic heterocycles. The first-order chi connectivity index (χ1) is 19.2. The minimum atomic E-state index is -0.717. The van der Waals surface area contributed by atoms with Crippen molar-refractivity contribution in [1.29, 1.82) is 0 Å². The topological polar surface area (TPSA) is 83.0 Å². The summed E-state index contributed by atoms with van der Waals surface area (Å²) in [5.74, 6) is 1.20. The van der Waals surface area contributed by atoms with E-state index >= 15 is 0 Å². The summed E-state index contributed by atoms with van der Waals surface area (Å²) in [4.78, 5) is 32.0. The Morgan fingerprint density at radius 2 is 1.90 bits per heavy atom. The predicted octanol–water partition coefficient (Wildman–Crippen LogP) is 6.15. The number of hydrogen-bond acceptors (Lipinski definition) is 7. The standard InChI is InChI=1S/C30H26Cl2N2O5S/c1-5-37-29(36)26-17(4)33-30-34(27(26)18-6-9-20(10-7-18)38-16(2)3)28(35)25(40-30)15-21-11-13-24(39-21)22-12-8-19(31)14-23(22)32/h6-16,27H,5H2,1-4H3/b25-15-/t27-/m0/s1. The first kappa shape index (κ1) is 28.0. The van der Waals surface area contributed by atoms with Crippen molar-refractivity contribution in [3.63, 3.8) is 0 Å². The number of fused-ring (bicyclic) bond motifs is 1. The van der Waals surface area contributed by atoms with Gasteiger partial charge >= 0.3 is 5.97 Å².